The molecular formula is C57H38N2. The molecule has 2 nitrogen and oxygen atoms in total. The third-order valence-electron chi connectivity index (χ3n) is 12.0. The normalized spacial score (nSPS) is 12.5. The Morgan fingerprint density at radius 1 is 0.271 bits per heavy atom. The van der Waals surface area contributed by atoms with Crippen LogP contribution in [0.15, 0.2) is 231 Å². The second-order valence-electron chi connectivity index (χ2n) is 15.3. The average Bonchev–Trinajstić information content (AvgIpc) is 3.62. The lowest BCUT2D eigenvalue weighted by atomic mass is 9.67. The number of hydrogen-bond acceptors (Lipinski definition) is 2. The molecular weight excluding hydrogens is 713 g/mol. The van der Waals surface area contributed by atoms with E-state index in [0.29, 0.717) is 5.82 Å². The van der Waals surface area contributed by atoms with E-state index in [4.69, 9.17) is 9.97 Å². The second-order valence-corrected chi connectivity index (χ2v) is 15.3. The summed E-state index contributed by atoms with van der Waals surface area (Å²) >= 11 is 0. The molecule has 0 amide bonds. The van der Waals surface area contributed by atoms with Crippen molar-refractivity contribution in [2.24, 2.45) is 0 Å². The molecule has 1 heterocycles. The van der Waals surface area contributed by atoms with Gasteiger partial charge in [-0.1, -0.05) is 212 Å². The molecule has 0 radical (unpaired) electrons. The van der Waals surface area contributed by atoms with Gasteiger partial charge < -0.3 is 0 Å². The minimum atomic E-state index is -0.430. The van der Waals surface area contributed by atoms with Gasteiger partial charge in [0.05, 0.1) is 16.8 Å². The minimum Gasteiger partial charge on any atom is -0.228 e. The van der Waals surface area contributed by atoms with Crippen molar-refractivity contribution in [1.82, 2.24) is 9.97 Å². The van der Waals surface area contributed by atoms with E-state index in [-0.39, 0.29) is 0 Å². The summed E-state index contributed by atoms with van der Waals surface area (Å²) in [5.41, 5.74) is 16.9. The zero-order chi connectivity index (χ0) is 39.2. The fourth-order valence-electron chi connectivity index (χ4n) is 9.33. The first-order chi connectivity index (χ1) is 29.3. The second kappa shape index (κ2) is 14.4. The van der Waals surface area contributed by atoms with Gasteiger partial charge in [0.2, 0.25) is 0 Å². The molecule has 1 aliphatic carbocycles. The largest absolute Gasteiger partial charge is 0.228 e. The zero-order valence-electron chi connectivity index (χ0n) is 32.3. The van der Waals surface area contributed by atoms with E-state index in [1.165, 1.54) is 55.5 Å². The minimum absolute atomic E-state index is 0.430. The highest BCUT2D eigenvalue weighted by molar-refractivity contribution is 6.05. The molecule has 0 fully saturated rings. The molecule has 0 saturated heterocycles. The maximum absolute atomic E-state index is 5.27. The fraction of sp³-hybridized carbons (Fsp3) is 0.0175. The molecule has 0 atom stereocenters. The van der Waals surface area contributed by atoms with Crippen molar-refractivity contribution in [2.45, 2.75) is 5.41 Å². The van der Waals surface area contributed by atoms with Crippen LogP contribution in [0.2, 0.25) is 0 Å². The maximum atomic E-state index is 5.27. The van der Waals surface area contributed by atoms with Crippen LogP contribution in [0.1, 0.15) is 22.3 Å². The molecule has 11 rings (SSSR count). The number of aromatic nitrogens is 2. The molecule has 0 unspecified atom stereocenters. The summed E-state index contributed by atoms with van der Waals surface area (Å²) in [6, 6.07) is 82.9. The van der Waals surface area contributed by atoms with Crippen molar-refractivity contribution in [1.29, 1.82) is 0 Å². The highest BCUT2D eigenvalue weighted by Crippen LogP contribution is 2.56. The Labute approximate surface area is 344 Å². The van der Waals surface area contributed by atoms with E-state index < -0.39 is 5.41 Å². The maximum Gasteiger partial charge on any atom is 0.160 e. The van der Waals surface area contributed by atoms with Crippen LogP contribution in [0.5, 0.6) is 0 Å². The smallest absolute Gasteiger partial charge is 0.160 e. The van der Waals surface area contributed by atoms with E-state index in [1.54, 1.807) is 0 Å². The summed E-state index contributed by atoms with van der Waals surface area (Å²) < 4.78 is 0. The summed E-state index contributed by atoms with van der Waals surface area (Å²) in [6.07, 6.45) is 0. The van der Waals surface area contributed by atoms with Crippen LogP contribution < -0.4 is 0 Å². The van der Waals surface area contributed by atoms with Gasteiger partial charge in [0.15, 0.2) is 5.82 Å². The van der Waals surface area contributed by atoms with Gasteiger partial charge in [0.25, 0.3) is 0 Å². The molecule has 0 saturated carbocycles. The summed E-state index contributed by atoms with van der Waals surface area (Å²) in [7, 11) is 0. The Morgan fingerprint density at radius 2 is 0.797 bits per heavy atom. The summed E-state index contributed by atoms with van der Waals surface area (Å²) in [4.78, 5) is 10.4. The Hall–Kier alpha value is -7.68. The van der Waals surface area contributed by atoms with E-state index >= 15 is 0 Å². The Bertz CT molecular complexity index is 3100. The predicted octanol–water partition coefficient (Wildman–Crippen LogP) is 14.3. The number of benzene rings is 9. The van der Waals surface area contributed by atoms with Gasteiger partial charge in [-0.05, 0) is 84.6 Å². The number of nitrogens with zero attached hydrogens (tertiary/aromatic N) is 2. The highest BCUT2D eigenvalue weighted by atomic mass is 14.9. The lowest BCUT2D eigenvalue weighted by Gasteiger charge is -2.33. The molecule has 9 aromatic carbocycles. The molecule has 1 aromatic heterocycles. The number of rotatable bonds is 7. The van der Waals surface area contributed by atoms with Crippen LogP contribution in [-0.2, 0) is 5.41 Å². The van der Waals surface area contributed by atoms with Crippen LogP contribution in [0, 0.1) is 0 Å². The van der Waals surface area contributed by atoms with Crippen LogP contribution in [0.25, 0.3) is 78.1 Å². The van der Waals surface area contributed by atoms with Crippen molar-refractivity contribution in [2.75, 3.05) is 0 Å². The van der Waals surface area contributed by atoms with Gasteiger partial charge >= 0.3 is 0 Å². The Balaban J connectivity index is 1.08. The molecule has 2 heteroatoms. The summed E-state index contributed by atoms with van der Waals surface area (Å²) in [5, 5.41) is 2.33. The summed E-state index contributed by atoms with van der Waals surface area (Å²) in [6.45, 7) is 0. The monoisotopic (exact) mass is 750 g/mol. The molecule has 0 spiro atoms. The van der Waals surface area contributed by atoms with Crippen LogP contribution in [-0.4, -0.2) is 9.97 Å². The Morgan fingerprint density at radius 3 is 1.51 bits per heavy atom. The Kier molecular flexibility index (Phi) is 8.41. The van der Waals surface area contributed by atoms with Gasteiger partial charge in [-0.3, -0.25) is 0 Å². The molecule has 59 heavy (non-hydrogen) atoms. The van der Waals surface area contributed by atoms with Gasteiger partial charge in [-0.15, -0.1) is 0 Å². The first-order valence-corrected chi connectivity index (χ1v) is 20.2. The van der Waals surface area contributed by atoms with Gasteiger partial charge in [-0.2, -0.15) is 0 Å². The van der Waals surface area contributed by atoms with Crippen LogP contribution >= 0.6 is 0 Å². The zero-order valence-corrected chi connectivity index (χ0v) is 32.3. The lowest BCUT2D eigenvalue weighted by molar-refractivity contribution is 0.768. The first-order valence-electron chi connectivity index (χ1n) is 20.2. The number of hydrogen-bond donors (Lipinski definition) is 0. The lowest BCUT2D eigenvalue weighted by Crippen LogP contribution is -2.28. The van der Waals surface area contributed by atoms with Crippen molar-refractivity contribution in [3.63, 3.8) is 0 Å². The quantitative estimate of drug-likeness (QED) is 0.162. The van der Waals surface area contributed by atoms with Crippen molar-refractivity contribution >= 4 is 10.8 Å². The molecule has 1 aliphatic rings. The van der Waals surface area contributed by atoms with E-state index in [1.807, 2.05) is 18.2 Å². The molecule has 0 N–H and O–H groups in total. The molecule has 0 bridgehead atoms. The van der Waals surface area contributed by atoms with Crippen molar-refractivity contribution in [3.8, 4) is 67.3 Å². The molecule has 276 valence electrons. The van der Waals surface area contributed by atoms with E-state index in [2.05, 4.69) is 212 Å². The fourth-order valence-corrected chi connectivity index (χ4v) is 9.33. The van der Waals surface area contributed by atoms with E-state index in [9.17, 15) is 0 Å². The third-order valence-corrected chi connectivity index (χ3v) is 12.0. The SMILES string of the molecule is c1ccc(-c2cccc(-c3cc(-c4ccc(-c5ccc6c(c5)-c5ccccc5C6(c5ccccc5)c5ccccc5)c5ccccc45)nc(-c4ccccc4)n3)c2)cc1. The van der Waals surface area contributed by atoms with E-state index in [0.717, 1.165) is 39.0 Å². The highest BCUT2D eigenvalue weighted by Gasteiger charge is 2.46. The topological polar surface area (TPSA) is 25.8 Å². The first kappa shape index (κ1) is 34.6. The standard InChI is InChI=1S/C57H38N2/c1-5-18-39(19-6-1)41-22-17-23-43(36-41)54-38-55(59-56(58-54)40-20-7-2-8-21-40)50-34-33-46(47-28-13-14-29-48(47)50)42-32-35-53-51(37-42)49-30-15-16-31-52(49)57(53,44-24-9-3-10-25-44)45-26-11-4-12-27-45/h1-38H. The van der Waals surface area contributed by atoms with Crippen LogP contribution in [0.3, 0.4) is 0 Å². The third kappa shape index (κ3) is 5.80. The van der Waals surface area contributed by atoms with Crippen molar-refractivity contribution < 1.29 is 0 Å². The van der Waals surface area contributed by atoms with Gasteiger partial charge in [-0.25, -0.2) is 9.97 Å². The van der Waals surface area contributed by atoms with Gasteiger partial charge in [0, 0.05) is 16.7 Å². The average molecular weight is 751 g/mol. The van der Waals surface area contributed by atoms with Gasteiger partial charge in [0.1, 0.15) is 0 Å². The molecule has 0 aliphatic heterocycles. The molecule has 10 aromatic rings. The predicted molar refractivity (Wildman–Crippen MR) is 244 cm³/mol. The number of fused-ring (bicyclic) bond motifs is 4. The summed E-state index contributed by atoms with van der Waals surface area (Å²) in [5.74, 6) is 0.703. The van der Waals surface area contributed by atoms with Crippen molar-refractivity contribution in [3.05, 3.63) is 253 Å². The van der Waals surface area contributed by atoms with Crippen LogP contribution in [0.4, 0.5) is 0 Å².